The summed E-state index contributed by atoms with van der Waals surface area (Å²) in [6.45, 7) is 18.5. The predicted octanol–water partition coefficient (Wildman–Crippen LogP) is -4.71. The minimum Gasteiger partial charge on any atom is -0.481 e. The van der Waals surface area contributed by atoms with Gasteiger partial charge >= 0.3 is 11.9 Å². The van der Waals surface area contributed by atoms with E-state index in [4.69, 9.17) is 22.9 Å². The molecular formula is C68H117N21O18. The second-order valence-corrected chi connectivity index (χ2v) is 28.5. The molecule has 0 radical (unpaired) electrons. The lowest BCUT2D eigenvalue weighted by Gasteiger charge is -2.30. The van der Waals surface area contributed by atoms with E-state index in [1.807, 2.05) is 0 Å². The van der Waals surface area contributed by atoms with Crippen molar-refractivity contribution in [3.05, 3.63) is 36.4 Å². The molecule has 2 heterocycles. The van der Waals surface area contributed by atoms with Gasteiger partial charge in [0.1, 0.15) is 72.5 Å². The Balaban J connectivity index is 2.49. The van der Waals surface area contributed by atoms with E-state index in [9.17, 15) is 87.5 Å². The van der Waals surface area contributed by atoms with Crippen LogP contribution in [0.3, 0.4) is 0 Å². The first kappa shape index (κ1) is 93.2. The number of aromatic amines is 2. The highest BCUT2D eigenvalue weighted by Gasteiger charge is 2.39. The Bertz CT molecular complexity index is 3240. The molecule has 0 bridgehead atoms. The number of carboxylic acid groups (broad SMARTS) is 2. The number of unbranched alkanes of at least 4 members (excludes halogenated alkanes) is 1. The van der Waals surface area contributed by atoms with E-state index >= 15 is 0 Å². The molecule has 0 aromatic carbocycles. The summed E-state index contributed by atoms with van der Waals surface area (Å²) in [5.74, 6) is -17.2. The second-order valence-electron chi connectivity index (χ2n) is 28.5. The van der Waals surface area contributed by atoms with Crippen LogP contribution in [-0.2, 0) is 80.0 Å². The minimum absolute atomic E-state index is 0.0322. The van der Waals surface area contributed by atoms with Gasteiger partial charge in [-0.25, -0.2) is 14.8 Å². The number of hydrogen-bond acceptors (Lipinski definition) is 21. The Morgan fingerprint density at radius 3 is 1.19 bits per heavy atom. The Labute approximate surface area is 622 Å². The molecule has 602 valence electrons. The van der Waals surface area contributed by atoms with Gasteiger partial charge in [-0.15, -0.1) is 0 Å². The number of aliphatic hydroxyl groups excluding tert-OH is 2. The molecule has 2 rings (SSSR count). The molecule has 2 aromatic rings. The minimum atomic E-state index is -2.06. The SMILES string of the molecule is CC[C@H](C)[C@H](NC(=O)[C@H](CCCCN)NC(=O)[C@H](CO)NC(=O)[C@H](CC(C)C)NC(=O)[C@@H](N)C(C)C)C(=O)N[C@@H](CC(C)C)C(=O)N[C@@H](CCCN=C(N)N)C(=O)N[C@@H](CC(=O)O)C(=O)N[C@@H](CO)C(=O)N[C@@H](Cc1cnc[nH]1)C(=O)N[C@H](C(=O)N[C@@H](CC(C)C)C(=O)N[C@@H](Cc1cnc[nH]1)C(=O)O)C(C)C. The van der Waals surface area contributed by atoms with Crippen molar-refractivity contribution in [2.24, 2.45) is 63.4 Å². The summed E-state index contributed by atoms with van der Waals surface area (Å²) >= 11 is 0. The van der Waals surface area contributed by atoms with E-state index in [-0.39, 0.29) is 113 Å². The topological polar surface area (TPSA) is 638 Å². The van der Waals surface area contributed by atoms with E-state index in [0.29, 0.717) is 12.1 Å². The van der Waals surface area contributed by atoms with E-state index < -0.39 is 193 Å². The lowest BCUT2D eigenvalue weighted by molar-refractivity contribution is -0.142. The molecule has 0 aliphatic rings. The molecule has 26 N–H and O–H groups in total. The van der Waals surface area contributed by atoms with Gasteiger partial charge in [-0.3, -0.25) is 67.3 Å². The van der Waals surface area contributed by atoms with Crippen LogP contribution in [0.4, 0.5) is 0 Å². The van der Waals surface area contributed by atoms with Gasteiger partial charge in [-0.1, -0.05) is 89.5 Å². The molecule has 14 atom stereocenters. The summed E-state index contributed by atoms with van der Waals surface area (Å²) in [6.07, 6.45) is 4.33. The van der Waals surface area contributed by atoms with Crippen LogP contribution >= 0.6 is 0 Å². The molecule has 107 heavy (non-hydrogen) atoms. The first-order valence-electron chi connectivity index (χ1n) is 36.0. The zero-order chi connectivity index (χ0) is 80.9. The van der Waals surface area contributed by atoms with Crippen molar-refractivity contribution in [3.8, 4) is 0 Å². The number of rotatable bonds is 51. The highest BCUT2D eigenvalue weighted by atomic mass is 16.4. The number of aromatic nitrogens is 4. The van der Waals surface area contributed by atoms with Crippen LogP contribution in [0.15, 0.2) is 30.0 Å². The molecule has 0 saturated carbocycles. The number of aliphatic carboxylic acids is 2. The summed E-state index contributed by atoms with van der Waals surface area (Å²) in [6, 6.07) is -19.4. The largest absolute Gasteiger partial charge is 0.481 e. The molecule has 0 saturated heterocycles. The molecule has 0 unspecified atom stereocenters. The predicted molar refractivity (Wildman–Crippen MR) is 390 cm³/mol. The van der Waals surface area contributed by atoms with Gasteiger partial charge in [-0.05, 0) is 93.4 Å². The number of H-pyrrole nitrogens is 2. The van der Waals surface area contributed by atoms with E-state index in [2.05, 4.69) is 88.7 Å². The average Bonchev–Trinajstić information content (AvgIpc) is 0.955. The molecular weight excluding hydrogens is 1400 g/mol. The number of carbonyl (C=O) groups is 14. The molecule has 0 spiro atoms. The molecule has 0 fully saturated rings. The maximum atomic E-state index is 14.6. The summed E-state index contributed by atoms with van der Waals surface area (Å²) in [7, 11) is 0. The zero-order valence-corrected chi connectivity index (χ0v) is 63.2. The number of guanidine groups is 1. The van der Waals surface area contributed by atoms with Crippen molar-refractivity contribution in [2.45, 2.75) is 239 Å². The molecule has 0 aliphatic carbocycles. The van der Waals surface area contributed by atoms with Gasteiger partial charge in [0.2, 0.25) is 70.9 Å². The fourth-order valence-corrected chi connectivity index (χ4v) is 10.8. The van der Waals surface area contributed by atoms with Crippen molar-refractivity contribution < 1.29 is 87.5 Å². The number of amides is 12. The van der Waals surface area contributed by atoms with E-state index in [1.165, 1.54) is 25.0 Å². The van der Waals surface area contributed by atoms with Gasteiger partial charge < -0.3 is 117 Å². The Hall–Kier alpha value is -9.89. The Morgan fingerprint density at radius 1 is 0.439 bits per heavy atom. The van der Waals surface area contributed by atoms with Gasteiger partial charge in [0, 0.05) is 43.2 Å². The number of imidazole rings is 2. The van der Waals surface area contributed by atoms with E-state index in [1.54, 1.807) is 83.1 Å². The highest BCUT2D eigenvalue weighted by Crippen LogP contribution is 2.16. The van der Waals surface area contributed by atoms with Crippen LogP contribution in [0, 0.1) is 35.5 Å². The fourth-order valence-electron chi connectivity index (χ4n) is 10.8. The third kappa shape index (κ3) is 34.1. The van der Waals surface area contributed by atoms with Gasteiger partial charge in [0.25, 0.3) is 0 Å². The normalized spacial score (nSPS) is 15.3. The summed E-state index contributed by atoms with van der Waals surface area (Å²) < 4.78 is 0. The Morgan fingerprint density at radius 2 is 0.794 bits per heavy atom. The third-order valence-corrected chi connectivity index (χ3v) is 17.1. The van der Waals surface area contributed by atoms with Crippen molar-refractivity contribution in [1.29, 1.82) is 0 Å². The smallest absolute Gasteiger partial charge is 0.326 e. The van der Waals surface area contributed by atoms with Crippen LogP contribution in [0.2, 0.25) is 0 Å². The van der Waals surface area contributed by atoms with Gasteiger partial charge in [-0.2, -0.15) is 0 Å². The standard InChI is InChI=1S/C68H117N21O18/c1-13-38(12)54(89-56(95)41(17-14-15-19-69)79-62(101)49(29-90)86-59(98)43(21-33(2)3)82-64(103)52(70)36(8)9)66(105)84-44(22-34(4)5)57(96)78-42(18-16-20-75-68(71)72)55(94)81-47(26-51(92)93)60(99)87-50(30-91)63(102)80-46(24-39-27-73-31-76-39)61(100)88-53(37(10)11)65(104)83-45(23-35(6)7)58(97)85-48(67(106)107)25-40-28-74-32-77-40/h27-28,31-38,41-50,52-54,90-91H,13-26,29-30,69-70H2,1-12H3,(H,73,76)(H,74,77)(H,78,96)(H,79,101)(H,80,102)(H,81,94)(H,82,103)(H,83,104)(H,84,105)(H,85,97)(H,86,98)(H,87,99)(H,88,100)(H,89,95)(H,92,93)(H,106,107)(H4,71,72,75)/t38-,41-,42-,43-,44-,45-,46-,47-,48-,49-,50-,52-,53-,54-/m0/s1. The van der Waals surface area contributed by atoms with Gasteiger partial charge in [0.15, 0.2) is 5.96 Å². The Kier molecular flexibility index (Phi) is 41.5. The number of carboxylic acids is 2. The molecule has 39 heteroatoms. The maximum Gasteiger partial charge on any atom is 0.326 e. The lowest BCUT2D eigenvalue weighted by atomic mass is 9.96. The van der Waals surface area contributed by atoms with Crippen molar-refractivity contribution in [2.75, 3.05) is 26.3 Å². The number of carbonyl (C=O) groups excluding carboxylic acids is 12. The third-order valence-electron chi connectivity index (χ3n) is 17.1. The number of hydrogen-bond donors (Lipinski definition) is 22. The molecule has 12 amide bonds. The summed E-state index contributed by atoms with van der Waals surface area (Å²) in [5, 5.41) is 71.1. The van der Waals surface area contributed by atoms with Crippen LogP contribution in [-0.4, -0.2) is 234 Å². The zero-order valence-electron chi connectivity index (χ0n) is 63.2. The monoisotopic (exact) mass is 1520 g/mol. The van der Waals surface area contributed by atoms with Crippen molar-refractivity contribution >= 4 is 88.8 Å². The molecule has 2 aromatic heterocycles. The van der Waals surface area contributed by atoms with Crippen LogP contribution in [0.5, 0.6) is 0 Å². The lowest BCUT2D eigenvalue weighted by Crippen LogP contribution is -2.62. The average molecular weight is 1520 g/mol. The first-order valence-corrected chi connectivity index (χ1v) is 36.0. The van der Waals surface area contributed by atoms with Crippen LogP contribution in [0.1, 0.15) is 159 Å². The molecule has 0 aliphatic heterocycles. The summed E-state index contributed by atoms with van der Waals surface area (Å²) in [5.41, 5.74) is 23.6. The highest BCUT2D eigenvalue weighted by molar-refractivity contribution is 6.00. The van der Waals surface area contributed by atoms with E-state index in [0.717, 1.165) is 0 Å². The van der Waals surface area contributed by atoms with Crippen LogP contribution < -0.4 is 86.7 Å². The van der Waals surface area contributed by atoms with Crippen molar-refractivity contribution in [1.82, 2.24) is 83.7 Å². The summed E-state index contributed by atoms with van der Waals surface area (Å²) in [4.78, 5) is 211. The van der Waals surface area contributed by atoms with Crippen molar-refractivity contribution in [3.63, 3.8) is 0 Å². The fraction of sp³-hybridized carbons (Fsp3) is 0.691. The number of nitrogens with two attached hydrogens (primary N) is 4. The number of nitrogens with one attached hydrogen (secondary N) is 14. The maximum absolute atomic E-state index is 14.6. The first-order chi connectivity index (χ1) is 50.3. The quantitative estimate of drug-likeness (QED) is 0.0168. The number of aliphatic hydroxyl groups is 2. The number of nitrogens with zero attached hydrogens (tertiary/aromatic N) is 3. The van der Waals surface area contributed by atoms with Gasteiger partial charge in [0.05, 0.1) is 38.3 Å². The molecule has 39 nitrogen and oxygen atoms in total. The number of aliphatic imine (C=N–C) groups is 1. The van der Waals surface area contributed by atoms with Crippen LogP contribution in [0.25, 0.3) is 0 Å². The second kappa shape index (κ2) is 47.6.